The Hall–Kier alpha value is -2.57. The minimum Gasteiger partial charge on any atom is -0.491 e. The molecule has 0 spiro atoms. The number of rotatable bonds is 8. The van der Waals surface area contributed by atoms with Crippen molar-refractivity contribution < 1.29 is 19.0 Å². The van der Waals surface area contributed by atoms with E-state index in [0.717, 1.165) is 50.6 Å². The van der Waals surface area contributed by atoms with Gasteiger partial charge in [0.2, 0.25) is 5.91 Å². The fourth-order valence-corrected chi connectivity index (χ4v) is 4.59. The lowest BCUT2D eigenvalue weighted by Crippen LogP contribution is -2.49. The van der Waals surface area contributed by atoms with Crippen molar-refractivity contribution in [2.45, 2.75) is 58.4 Å². The molecule has 6 nitrogen and oxygen atoms in total. The third-order valence-corrected chi connectivity index (χ3v) is 6.32. The maximum absolute atomic E-state index is 12.1. The SMILES string of the molecule is CC(=O)N1CCN(Cc2cccc(OC[C@@H]3CCCO3)c2)[C@H](c2ccc(OC(C)C)cc2)C1. The van der Waals surface area contributed by atoms with E-state index < -0.39 is 0 Å². The molecule has 178 valence electrons. The molecular formula is C27H36N2O4. The number of carbonyl (C=O) groups excluding carboxylic acids is 1. The maximum Gasteiger partial charge on any atom is 0.219 e. The van der Waals surface area contributed by atoms with Gasteiger partial charge >= 0.3 is 0 Å². The van der Waals surface area contributed by atoms with Crippen LogP contribution in [0.1, 0.15) is 50.8 Å². The fourth-order valence-electron chi connectivity index (χ4n) is 4.59. The van der Waals surface area contributed by atoms with Gasteiger partial charge in [-0.25, -0.2) is 0 Å². The predicted octanol–water partition coefficient (Wildman–Crippen LogP) is 4.44. The van der Waals surface area contributed by atoms with E-state index in [1.807, 2.05) is 36.9 Å². The molecule has 0 unspecified atom stereocenters. The van der Waals surface area contributed by atoms with E-state index in [1.54, 1.807) is 6.92 Å². The molecule has 2 aliphatic rings. The third kappa shape index (κ3) is 6.49. The maximum atomic E-state index is 12.1. The predicted molar refractivity (Wildman–Crippen MR) is 129 cm³/mol. The summed E-state index contributed by atoms with van der Waals surface area (Å²) in [4.78, 5) is 16.5. The van der Waals surface area contributed by atoms with Gasteiger partial charge < -0.3 is 19.1 Å². The van der Waals surface area contributed by atoms with Gasteiger partial charge in [-0.3, -0.25) is 9.69 Å². The van der Waals surface area contributed by atoms with Gasteiger partial charge in [-0.15, -0.1) is 0 Å². The van der Waals surface area contributed by atoms with Crippen molar-refractivity contribution in [3.05, 3.63) is 59.7 Å². The molecule has 0 aliphatic carbocycles. The molecule has 0 N–H and O–H groups in total. The first kappa shape index (κ1) is 23.6. The highest BCUT2D eigenvalue weighted by Gasteiger charge is 2.29. The average molecular weight is 453 g/mol. The third-order valence-electron chi connectivity index (χ3n) is 6.32. The molecule has 2 aromatic carbocycles. The Balaban J connectivity index is 1.46. The molecule has 0 saturated carbocycles. The molecule has 2 saturated heterocycles. The minimum absolute atomic E-state index is 0.129. The lowest BCUT2D eigenvalue weighted by molar-refractivity contribution is -0.132. The standard InChI is InChI=1S/C27H36N2O4/c1-20(2)33-24-11-9-23(10-12-24)27-18-28(21(3)30)13-14-29(27)17-22-6-4-7-25(16-22)32-19-26-8-5-15-31-26/h4,6-7,9-12,16,20,26-27H,5,8,13-15,17-19H2,1-3H3/t26-,27-/m0/s1. The van der Waals surface area contributed by atoms with Gasteiger partial charge in [-0.05, 0) is 62.1 Å². The number of nitrogens with zero attached hydrogens (tertiary/aromatic N) is 2. The quantitative estimate of drug-likeness (QED) is 0.593. The molecule has 2 aliphatic heterocycles. The number of hydrogen-bond acceptors (Lipinski definition) is 5. The van der Waals surface area contributed by atoms with Crippen molar-refractivity contribution in [2.24, 2.45) is 0 Å². The van der Waals surface area contributed by atoms with Gasteiger partial charge in [0, 0.05) is 39.7 Å². The van der Waals surface area contributed by atoms with Crippen LogP contribution in [-0.2, 0) is 16.1 Å². The highest BCUT2D eigenvalue weighted by atomic mass is 16.5. The summed E-state index contributed by atoms with van der Waals surface area (Å²) in [5, 5.41) is 0. The molecule has 2 aromatic rings. The molecule has 0 radical (unpaired) electrons. The Morgan fingerprint density at radius 2 is 1.94 bits per heavy atom. The monoisotopic (exact) mass is 452 g/mol. The summed E-state index contributed by atoms with van der Waals surface area (Å²) in [7, 11) is 0. The number of carbonyl (C=O) groups is 1. The Kier molecular flexibility index (Phi) is 7.89. The van der Waals surface area contributed by atoms with Crippen LogP contribution in [0.2, 0.25) is 0 Å². The van der Waals surface area contributed by atoms with Crippen molar-refractivity contribution in [1.29, 1.82) is 0 Å². The van der Waals surface area contributed by atoms with E-state index in [0.29, 0.717) is 13.2 Å². The Bertz CT molecular complexity index is 909. The first-order valence-electron chi connectivity index (χ1n) is 12.1. The highest BCUT2D eigenvalue weighted by molar-refractivity contribution is 5.73. The van der Waals surface area contributed by atoms with Gasteiger partial charge in [-0.2, -0.15) is 0 Å². The van der Waals surface area contributed by atoms with Crippen LogP contribution in [0.3, 0.4) is 0 Å². The van der Waals surface area contributed by atoms with Crippen LogP contribution in [0.5, 0.6) is 11.5 Å². The summed E-state index contributed by atoms with van der Waals surface area (Å²) >= 11 is 0. The van der Waals surface area contributed by atoms with Crippen LogP contribution >= 0.6 is 0 Å². The Morgan fingerprint density at radius 1 is 1.12 bits per heavy atom. The van der Waals surface area contributed by atoms with E-state index in [2.05, 4.69) is 35.2 Å². The molecule has 6 heteroatoms. The second-order valence-electron chi connectivity index (χ2n) is 9.28. The minimum atomic E-state index is 0.129. The zero-order valence-electron chi connectivity index (χ0n) is 20.0. The molecule has 2 fully saturated rings. The summed E-state index contributed by atoms with van der Waals surface area (Å²) in [5.41, 5.74) is 2.41. The van der Waals surface area contributed by atoms with Crippen LogP contribution in [0.15, 0.2) is 48.5 Å². The van der Waals surface area contributed by atoms with Gasteiger partial charge in [-0.1, -0.05) is 24.3 Å². The van der Waals surface area contributed by atoms with Crippen molar-refractivity contribution in [3.63, 3.8) is 0 Å². The zero-order valence-corrected chi connectivity index (χ0v) is 20.0. The summed E-state index contributed by atoms with van der Waals surface area (Å²) < 4.78 is 17.5. The van der Waals surface area contributed by atoms with E-state index in [-0.39, 0.29) is 24.2 Å². The molecule has 33 heavy (non-hydrogen) atoms. The molecule has 1 amide bonds. The number of benzene rings is 2. The molecule has 0 aromatic heterocycles. The molecule has 0 bridgehead atoms. The van der Waals surface area contributed by atoms with Crippen LogP contribution in [-0.4, -0.2) is 60.8 Å². The molecule has 2 heterocycles. The van der Waals surface area contributed by atoms with E-state index in [4.69, 9.17) is 14.2 Å². The van der Waals surface area contributed by atoms with Gasteiger partial charge in [0.25, 0.3) is 0 Å². The topological polar surface area (TPSA) is 51.2 Å². The fraction of sp³-hybridized carbons (Fsp3) is 0.519. The van der Waals surface area contributed by atoms with Gasteiger partial charge in [0.15, 0.2) is 0 Å². The van der Waals surface area contributed by atoms with Crippen molar-refractivity contribution in [2.75, 3.05) is 32.8 Å². The van der Waals surface area contributed by atoms with E-state index >= 15 is 0 Å². The molecule has 2 atom stereocenters. The Morgan fingerprint density at radius 3 is 2.64 bits per heavy atom. The number of hydrogen-bond donors (Lipinski definition) is 0. The van der Waals surface area contributed by atoms with Crippen LogP contribution in [0.4, 0.5) is 0 Å². The summed E-state index contributed by atoms with van der Waals surface area (Å²) in [6, 6.07) is 16.8. The van der Waals surface area contributed by atoms with Gasteiger partial charge in [0.05, 0.1) is 18.2 Å². The second-order valence-corrected chi connectivity index (χ2v) is 9.28. The van der Waals surface area contributed by atoms with E-state index in [9.17, 15) is 4.79 Å². The number of ether oxygens (including phenoxy) is 3. The summed E-state index contributed by atoms with van der Waals surface area (Å²) in [6.07, 6.45) is 2.54. The normalized spacial score (nSPS) is 21.4. The smallest absolute Gasteiger partial charge is 0.219 e. The van der Waals surface area contributed by atoms with Crippen LogP contribution in [0.25, 0.3) is 0 Å². The first-order valence-corrected chi connectivity index (χ1v) is 12.1. The lowest BCUT2D eigenvalue weighted by atomic mass is 10.0. The average Bonchev–Trinajstić information content (AvgIpc) is 3.32. The van der Waals surface area contributed by atoms with E-state index in [1.165, 1.54) is 11.1 Å². The van der Waals surface area contributed by atoms with Gasteiger partial charge in [0.1, 0.15) is 18.1 Å². The van der Waals surface area contributed by atoms with Crippen LogP contribution in [0, 0.1) is 0 Å². The molecule has 4 rings (SSSR count). The van der Waals surface area contributed by atoms with Crippen molar-refractivity contribution in [1.82, 2.24) is 9.80 Å². The zero-order chi connectivity index (χ0) is 23.2. The lowest BCUT2D eigenvalue weighted by Gasteiger charge is -2.41. The number of piperazine rings is 1. The van der Waals surface area contributed by atoms with Crippen LogP contribution < -0.4 is 9.47 Å². The van der Waals surface area contributed by atoms with Crippen molar-refractivity contribution >= 4 is 5.91 Å². The summed E-state index contributed by atoms with van der Waals surface area (Å²) in [6.45, 7) is 10.2. The Labute approximate surface area is 197 Å². The second kappa shape index (κ2) is 11.0. The molecular weight excluding hydrogens is 416 g/mol. The number of amides is 1. The largest absolute Gasteiger partial charge is 0.491 e. The summed E-state index contributed by atoms with van der Waals surface area (Å²) in [5.74, 6) is 1.89. The van der Waals surface area contributed by atoms with Crippen molar-refractivity contribution in [3.8, 4) is 11.5 Å². The highest BCUT2D eigenvalue weighted by Crippen LogP contribution is 2.29. The first-order chi connectivity index (χ1) is 16.0.